The second kappa shape index (κ2) is 9.42. The molecule has 2 amide bonds. The van der Waals surface area contributed by atoms with Gasteiger partial charge in [-0.05, 0) is 43.3 Å². The zero-order valence-electron chi connectivity index (χ0n) is 17.4. The van der Waals surface area contributed by atoms with Gasteiger partial charge in [0.1, 0.15) is 12.4 Å². The molecule has 2 aromatic carbocycles. The lowest BCUT2D eigenvalue weighted by Gasteiger charge is -2.13. The number of aromatic nitrogens is 2. The summed E-state index contributed by atoms with van der Waals surface area (Å²) in [5.74, 6) is 0.239. The Hall–Kier alpha value is -4.01. The number of carbonyl (C=O) groups excluding carboxylic acids is 3. The largest absolute Gasteiger partial charge is 0.494 e. The van der Waals surface area contributed by atoms with Crippen molar-refractivity contribution in [2.75, 3.05) is 19.8 Å². The summed E-state index contributed by atoms with van der Waals surface area (Å²) in [6, 6.07) is 13.9. The average molecular weight is 435 g/mol. The highest BCUT2D eigenvalue weighted by molar-refractivity contribution is 6.21. The molecule has 0 atom stereocenters. The Morgan fingerprint density at radius 1 is 1.03 bits per heavy atom. The first-order valence-corrected chi connectivity index (χ1v) is 10.2. The molecule has 164 valence electrons. The maximum Gasteiger partial charge on any atom is 0.306 e. The van der Waals surface area contributed by atoms with Gasteiger partial charge in [-0.25, -0.2) is 0 Å². The second-order valence-corrected chi connectivity index (χ2v) is 7.00. The molecule has 9 heteroatoms. The number of esters is 1. The number of nitrogens with zero attached hydrogens (tertiary/aromatic N) is 3. The van der Waals surface area contributed by atoms with Crippen molar-refractivity contribution < 1.29 is 28.4 Å². The fourth-order valence-electron chi connectivity index (χ4n) is 3.31. The summed E-state index contributed by atoms with van der Waals surface area (Å²) in [5, 5.41) is 3.93. The third kappa shape index (κ3) is 4.51. The van der Waals surface area contributed by atoms with E-state index in [9.17, 15) is 14.4 Å². The van der Waals surface area contributed by atoms with Crippen LogP contribution in [-0.2, 0) is 16.0 Å². The van der Waals surface area contributed by atoms with Gasteiger partial charge in [0, 0.05) is 12.0 Å². The van der Waals surface area contributed by atoms with Crippen LogP contribution in [0.3, 0.4) is 0 Å². The smallest absolute Gasteiger partial charge is 0.306 e. The number of fused-ring (bicyclic) bond motifs is 1. The zero-order chi connectivity index (χ0) is 22.5. The van der Waals surface area contributed by atoms with Crippen molar-refractivity contribution in [1.82, 2.24) is 15.0 Å². The number of hydrogen-bond acceptors (Lipinski definition) is 8. The molecule has 0 saturated carbocycles. The Labute approximate surface area is 183 Å². The molecule has 1 aromatic heterocycles. The standard InChI is InChI=1S/C23H21N3O6/c1-2-30-16-9-7-15(8-10-16)21-24-19(32-25-21)11-12-20(27)31-14-13-26-22(28)17-5-3-4-6-18(17)23(26)29/h3-10H,2,11-14H2,1H3. The average Bonchev–Trinajstić information content (AvgIpc) is 3.38. The van der Waals surface area contributed by atoms with Crippen molar-refractivity contribution in [2.45, 2.75) is 19.8 Å². The Morgan fingerprint density at radius 2 is 1.72 bits per heavy atom. The lowest BCUT2D eigenvalue weighted by Crippen LogP contribution is -2.33. The minimum atomic E-state index is -0.484. The van der Waals surface area contributed by atoms with E-state index in [2.05, 4.69) is 10.1 Å². The summed E-state index contributed by atoms with van der Waals surface area (Å²) < 4.78 is 15.8. The van der Waals surface area contributed by atoms with Crippen LogP contribution in [-0.4, -0.2) is 52.6 Å². The molecule has 3 aromatic rings. The van der Waals surface area contributed by atoms with Gasteiger partial charge in [0.05, 0.1) is 30.7 Å². The van der Waals surface area contributed by atoms with Crippen molar-refractivity contribution in [3.05, 3.63) is 65.5 Å². The number of carbonyl (C=O) groups is 3. The van der Waals surface area contributed by atoms with Gasteiger partial charge in [-0.15, -0.1) is 0 Å². The van der Waals surface area contributed by atoms with E-state index < -0.39 is 5.97 Å². The van der Waals surface area contributed by atoms with Gasteiger partial charge < -0.3 is 14.0 Å². The molecule has 4 rings (SSSR count). The predicted molar refractivity (Wildman–Crippen MR) is 112 cm³/mol. The highest BCUT2D eigenvalue weighted by Gasteiger charge is 2.34. The van der Waals surface area contributed by atoms with Crippen LogP contribution < -0.4 is 4.74 Å². The van der Waals surface area contributed by atoms with Crippen LogP contribution >= 0.6 is 0 Å². The first kappa shape index (κ1) is 21.2. The molecule has 1 aliphatic rings. The maximum absolute atomic E-state index is 12.3. The van der Waals surface area contributed by atoms with Crippen LogP contribution in [0, 0.1) is 0 Å². The second-order valence-electron chi connectivity index (χ2n) is 7.00. The summed E-state index contributed by atoms with van der Waals surface area (Å²) in [4.78, 5) is 42.0. The number of imide groups is 1. The fourth-order valence-corrected chi connectivity index (χ4v) is 3.31. The topological polar surface area (TPSA) is 112 Å². The Bertz CT molecular complexity index is 1100. The van der Waals surface area contributed by atoms with E-state index in [-0.39, 0.29) is 37.8 Å². The SMILES string of the molecule is CCOc1ccc(-c2noc(CCC(=O)OCCN3C(=O)c4ccccc4C3=O)n2)cc1. The van der Waals surface area contributed by atoms with E-state index in [0.29, 0.717) is 29.4 Å². The molecule has 1 aliphatic heterocycles. The molecule has 0 unspecified atom stereocenters. The van der Waals surface area contributed by atoms with Gasteiger partial charge in [-0.3, -0.25) is 19.3 Å². The van der Waals surface area contributed by atoms with E-state index >= 15 is 0 Å². The third-order valence-electron chi connectivity index (χ3n) is 4.89. The van der Waals surface area contributed by atoms with Crippen LogP contribution in [0.4, 0.5) is 0 Å². The van der Waals surface area contributed by atoms with Crippen LogP contribution in [0.15, 0.2) is 53.1 Å². The van der Waals surface area contributed by atoms with E-state index in [1.165, 1.54) is 0 Å². The lowest BCUT2D eigenvalue weighted by molar-refractivity contribution is -0.143. The van der Waals surface area contributed by atoms with E-state index in [0.717, 1.165) is 16.2 Å². The highest BCUT2D eigenvalue weighted by Crippen LogP contribution is 2.22. The Morgan fingerprint density at radius 3 is 2.38 bits per heavy atom. The normalized spacial score (nSPS) is 12.7. The molecule has 0 aliphatic carbocycles. The molecule has 0 spiro atoms. The van der Waals surface area contributed by atoms with Gasteiger partial charge >= 0.3 is 5.97 Å². The Balaban J connectivity index is 1.23. The minimum absolute atomic E-state index is 0.000529. The van der Waals surface area contributed by atoms with Crippen LogP contribution in [0.25, 0.3) is 11.4 Å². The number of ether oxygens (including phenoxy) is 2. The van der Waals surface area contributed by atoms with Crippen LogP contribution in [0.5, 0.6) is 5.75 Å². The molecule has 0 fully saturated rings. The van der Waals surface area contributed by atoms with Crippen molar-refractivity contribution in [1.29, 1.82) is 0 Å². The summed E-state index contributed by atoms with van der Waals surface area (Å²) >= 11 is 0. The molecule has 0 saturated heterocycles. The van der Waals surface area contributed by atoms with Crippen LogP contribution in [0.1, 0.15) is 40.0 Å². The molecular formula is C23H21N3O6. The summed E-state index contributed by atoms with van der Waals surface area (Å²) in [5.41, 5.74) is 1.50. The molecule has 9 nitrogen and oxygen atoms in total. The number of hydrogen-bond donors (Lipinski definition) is 0. The van der Waals surface area contributed by atoms with Crippen LogP contribution in [0.2, 0.25) is 0 Å². The van der Waals surface area contributed by atoms with E-state index in [4.69, 9.17) is 14.0 Å². The first-order valence-electron chi connectivity index (χ1n) is 10.2. The van der Waals surface area contributed by atoms with Gasteiger partial charge in [0.2, 0.25) is 11.7 Å². The first-order chi connectivity index (χ1) is 15.6. The third-order valence-corrected chi connectivity index (χ3v) is 4.89. The minimum Gasteiger partial charge on any atom is -0.494 e. The molecular weight excluding hydrogens is 414 g/mol. The summed E-state index contributed by atoms with van der Waals surface area (Å²) in [6.45, 7) is 2.42. The maximum atomic E-state index is 12.3. The molecule has 0 N–H and O–H groups in total. The summed E-state index contributed by atoms with van der Waals surface area (Å²) in [7, 11) is 0. The number of rotatable bonds is 9. The fraction of sp³-hybridized carbons (Fsp3) is 0.261. The molecule has 2 heterocycles. The van der Waals surface area contributed by atoms with Gasteiger partial charge in [0.15, 0.2) is 0 Å². The highest BCUT2D eigenvalue weighted by atomic mass is 16.5. The number of amides is 2. The van der Waals surface area contributed by atoms with Gasteiger partial charge in [-0.2, -0.15) is 4.98 Å². The van der Waals surface area contributed by atoms with Crippen molar-refractivity contribution >= 4 is 17.8 Å². The van der Waals surface area contributed by atoms with Crippen molar-refractivity contribution in [3.63, 3.8) is 0 Å². The van der Waals surface area contributed by atoms with Crippen molar-refractivity contribution in [2.24, 2.45) is 0 Å². The van der Waals surface area contributed by atoms with Crippen molar-refractivity contribution in [3.8, 4) is 17.1 Å². The monoisotopic (exact) mass is 435 g/mol. The summed E-state index contributed by atoms with van der Waals surface area (Å²) in [6.07, 6.45) is 0.253. The van der Waals surface area contributed by atoms with E-state index in [1.54, 1.807) is 24.3 Å². The zero-order valence-corrected chi connectivity index (χ0v) is 17.4. The lowest BCUT2D eigenvalue weighted by atomic mass is 10.1. The predicted octanol–water partition coefficient (Wildman–Crippen LogP) is 2.91. The molecule has 32 heavy (non-hydrogen) atoms. The Kier molecular flexibility index (Phi) is 6.25. The quantitative estimate of drug-likeness (QED) is 0.373. The number of benzene rings is 2. The molecule has 0 radical (unpaired) electrons. The molecule has 0 bridgehead atoms. The van der Waals surface area contributed by atoms with E-state index in [1.807, 2.05) is 31.2 Å². The number of aryl methyl sites for hydroxylation is 1. The van der Waals surface area contributed by atoms with Gasteiger partial charge in [-0.1, -0.05) is 17.3 Å². The van der Waals surface area contributed by atoms with Gasteiger partial charge in [0.25, 0.3) is 11.8 Å².